The Labute approximate surface area is 195 Å². The van der Waals surface area contributed by atoms with Crippen LogP contribution in [0, 0.1) is 13.8 Å². The number of aliphatic hydroxyl groups is 1. The van der Waals surface area contributed by atoms with Crippen LogP contribution in [0.25, 0.3) is 0 Å². The minimum Gasteiger partial charge on any atom is -0.387 e. The van der Waals surface area contributed by atoms with E-state index in [1.54, 1.807) is 55.6 Å². The molecule has 4 N–H and O–H groups in total. The molecular formula is C23H28N2O6S2. The molecule has 0 radical (unpaired) electrons. The highest BCUT2D eigenvalue weighted by atomic mass is 32.2. The van der Waals surface area contributed by atoms with Gasteiger partial charge in [-0.2, -0.15) is 8.42 Å². The zero-order valence-corrected chi connectivity index (χ0v) is 20.2. The fraction of sp³-hybridized carbons (Fsp3) is 0.217. The summed E-state index contributed by atoms with van der Waals surface area (Å²) in [6.07, 6.45) is -0.896. The van der Waals surface area contributed by atoms with Crippen LogP contribution in [0.4, 0.5) is 5.69 Å². The van der Waals surface area contributed by atoms with Crippen LogP contribution in [-0.4, -0.2) is 40.1 Å². The van der Waals surface area contributed by atoms with E-state index >= 15 is 0 Å². The molecule has 0 aromatic heterocycles. The molecule has 1 unspecified atom stereocenters. The third kappa shape index (κ3) is 7.95. The van der Waals surface area contributed by atoms with E-state index in [1.165, 1.54) is 18.2 Å². The number of benzene rings is 3. The van der Waals surface area contributed by atoms with Crippen molar-refractivity contribution in [3.05, 3.63) is 89.5 Å². The minimum absolute atomic E-state index is 0.0666. The van der Waals surface area contributed by atoms with Crippen molar-refractivity contribution in [2.45, 2.75) is 29.7 Å². The smallest absolute Gasteiger partial charge is 0.294 e. The molecule has 3 aromatic carbocycles. The highest BCUT2D eigenvalue weighted by molar-refractivity contribution is 7.92. The lowest BCUT2D eigenvalue weighted by molar-refractivity contribution is 0.174. The van der Waals surface area contributed by atoms with Gasteiger partial charge in [-0.15, -0.1) is 0 Å². The second-order valence-corrected chi connectivity index (χ2v) is 10.4. The van der Waals surface area contributed by atoms with E-state index in [0.29, 0.717) is 11.3 Å². The Hall–Kier alpha value is -2.76. The summed E-state index contributed by atoms with van der Waals surface area (Å²) >= 11 is 0. The number of anilines is 1. The van der Waals surface area contributed by atoms with Gasteiger partial charge in [0.15, 0.2) is 0 Å². The van der Waals surface area contributed by atoms with Gasteiger partial charge in [-0.1, -0.05) is 53.6 Å². The number of likely N-dealkylation sites (N-methyl/N-ethyl adjacent to an activating group) is 1. The first-order valence-electron chi connectivity index (χ1n) is 9.99. The monoisotopic (exact) mass is 492 g/mol. The predicted molar refractivity (Wildman–Crippen MR) is 128 cm³/mol. The number of aliphatic hydroxyl groups excluding tert-OH is 1. The van der Waals surface area contributed by atoms with E-state index < -0.39 is 26.2 Å². The van der Waals surface area contributed by atoms with Gasteiger partial charge in [-0.25, -0.2) is 8.42 Å². The van der Waals surface area contributed by atoms with E-state index in [4.69, 9.17) is 4.55 Å². The summed E-state index contributed by atoms with van der Waals surface area (Å²) in [5.41, 5.74) is 2.72. The Morgan fingerprint density at radius 1 is 0.848 bits per heavy atom. The van der Waals surface area contributed by atoms with Crippen LogP contribution < -0.4 is 10.0 Å². The van der Waals surface area contributed by atoms with Crippen LogP contribution in [0.2, 0.25) is 0 Å². The molecule has 1 atom stereocenters. The predicted octanol–water partition coefficient (Wildman–Crippen LogP) is 3.29. The van der Waals surface area contributed by atoms with Crippen LogP contribution in [0.5, 0.6) is 0 Å². The summed E-state index contributed by atoms with van der Waals surface area (Å²) in [5, 5.41) is 13.0. The Morgan fingerprint density at radius 3 is 1.97 bits per heavy atom. The molecule has 3 rings (SSSR count). The van der Waals surface area contributed by atoms with Gasteiger partial charge in [0, 0.05) is 17.8 Å². The molecule has 0 bridgehead atoms. The fourth-order valence-corrected chi connectivity index (χ4v) is 4.69. The van der Waals surface area contributed by atoms with E-state index in [1.807, 2.05) is 19.9 Å². The Kier molecular flexibility index (Phi) is 9.15. The Bertz CT molecular complexity index is 1260. The lowest BCUT2D eigenvalue weighted by Gasteiger charge is -2.17. The number of para-hydroxylation sites is 1. The van der Waals surface area contributed by atoms with E-state index in [9.17, 15) is 21.9 Å². The van der Waals surface area contributed by atoms with Crippen molar-refractivity contribution >= 4 is 25.8 Å². The van der Waals surface area contributed by atoms with E-state index in [-0.39, 0.29) is 16.3 Å². The molecular weight excluding hydrogens is 464 g/mol. The molecule has 0 aliphatic carbocycles. The topological polar surface area (TPSA) is 133 Å². The van der Waals surface area contributed by atoms with Crippen LogP contribution >= 0.6 is 0 Å². The fourth-order valence-electron chi connectivity index (χ4n) is 2.90. The number of hydrogen-bond donors (Lipinski definition) is 4. The van der Waals surface area contributed by atoms with Crippen molar-refractivity contribution < 1.29 is 26.5 Å². The van der Waals surface area contributed by atoms with Crippen LogP contribution in [-0.2, 0) is 20.1 Å². The molecule has 0 saturated heterocycles. The number of nitrogens with one attached hydrogen (secondary N) is 2. The first kappa shape index (κ1) is 26.5. The molecule has 0 aliphatic rings. The average Bonchev–Trinajstić information content (AvgIpc) is 2.74. The van der Waals surface area contributed by atoms with Crippen molar-refractivity contribution in [2.24, 2.45) is 0 Å². The number of sulfonamides is 1. The largest absolute Gasteiger partial charge is 0.387 e. The molecule has 0 aliphatic heterocycles. The Morgan fingerprint density at radius 2 is 1.42 bits per heavy atom. The standard InChI is InChI=1S/C16H20N2O3S.C7H8O3S/c1-12-8-9-16(14(10-12)15(19)11-17-2)22(20,21)18-13-6-4-3-5-7-13;1-6-2-4-7(5-3-6)11(8,9)10/h3-10,15,17-19H,11H2,1-2H3;2-5H,1H3,(H,8,9,10). The van der Waals surface area contributed by atoms with Crippen molar-refractivity contribution in [1.29, 1.82) is 0 Å². The molecule has 10 heteroatoms. The summed E-state index contributed by atoms with van der Waals surface area (Å²) in [5.74, 6) is 0. The number of aryl methyl sites for hydroxylation is 2. The second kappa shape index (κ2) is 11.4. The first-order valence-corrected chi connectivity index (χ1v) is 12.9. The average molecular weight is 493 g/mol. The normalized spacial score (nSPS) is 12.4. The summed E-state index contributed by atoms with van der Waals surface area (Å²) in [7, 11) is -6.08. The van der Waals surface area contributed by atoms with Gasteiger partial charge in [0.05, 0.1) is 15.9 Å². The molecule has 0 fully saturated rings. The van der Waals surface area contributed by atoms with Crippen molar-refractivity contribution in [3.8, 4) is 0 Å². The minimum atomic E-state index is -4.02. The maximum absolute atomic E-state index is 12.6. The maximum Gasteiger partial charge on any atom is 0.294 e. The van der Waals surface area contributed by atoms with Crippen LogP contribution in [0.15, 0.2) is 82.6 Å². The number of rotatable bonds is 7. The molecule has 8 nitrogen and oxygen atoms in total. The second-order valence-electron chi connectivity index (χ2n) is 7.37. The highest BCUT2D eigenvalue weighted by Crippen LogP contribution is 2.25. The first-order chi connectivity index (χ1) is 15.4. The molecule has 0 amide bonds. The lowest BCUT2D eigenvalue weighted by atomic mass is 10.1. The zero-order valence-electron chi connectivity index (χ0n) is 18.6. The molecule has 3 aromatic rings. The van der Waals surface area contributed by atoms with Gasteiger partial charge < -0.3 is 10.4 Å². The van der Waals surface area contributed by atoms with E-state index in [2.05, 4.69) is 10.0 Å². The molecule has 33 heavy (non-hydrogen) atoms. The molecule has 178 valence electrons. The molecule has 0 heterocycles. The van der Waals surface area contributed by atoms with Crippen molar-refractivity contribution in [3.63, 3.8) is 0 Å². The SMILES string of the molecule is CNCC(O)c1cc(C)ccc1S(=O)(=O)Nc1ccccc1.Cc1ccc(S(=O)(=O)O)cc1. The quantitative estimate of drug-likeness (QED) is 0.372. The summed E-state index contributed by atoms with van der Waals surface area (Å²) in [6, 6.07) is 19.6. The van der Waals surface area contributed by atoms with Crippen LogP contribution in [0.3, 0.4) is 0 Å². The highest BCUT2D eigenvalue weighted by Gasteiger charge is 2.22. The van der Waals surface area contributed by atoms with Crippen LogP contribution in [0.1, 0.15) is 22.8 Å². The summed E-state index contributed by atoms with van der Waals surface area (Å²) in [4.78, 5) is 0.0211. The van der Waals surface area contributed by atoms with Gasteiger partial charge in [-0.3, -0.25) is 9.27 Å². The maximum atomic E-state index is 12.6. The third-order valence-electron chi connectivity index (χ3n) is 4.56. The van der Waals surface area contributed by atoms with Gasteiger partial charge >= 0.3 is 0 Å². The van der Waals surface area contributed by atoms with Gasteiger partial charge in [0.25, 0.3) is 20.1 Å². The summed E-state index contributed by atoms with van der Waals surface area (Å²) < 4.78 is 57.3. The summed E-state index contributed by atoms with van der Waals surface area (Å²) in [6.45, 7) is 3.97. The lowest BCUT2D eigenvalue weighted by Crippen LogP contribution is -2.21. The third-order valence-corrected chi connectivity index (χ3v) is 6.88. The number of hydrogen-bond acceptors (Lipinski definition) is 6. The van der Waals surface area contributed by atoms with Gasteiger partial charge in [0.1, 0.15) is 0 Å². The van der Waals surface area contributed by atoms with Crippen molar-refractivity contribution in [1.82, 2.24) is 5.32 Å². The van der Waals surface area contributed by atoms with Crippen molar-refractivity contribution in [2.75, 3.05) is 18.3 Å². The molecule has 0 saturated carbocycles. The zero-order chi connectivity index (χ0) is 24.6. The van der Waals surface area contributed by atoms with Gasteiger partial charge in [0.2, 0.25) is 0 Å². The molecule has 0 spiro atoms. The van der Waals surface area contributed by atoms with E-state index in [0.717, 1.165) is 11.1 Å². The Balaban J connectivity index is 0.000000294. The van der Waals surface area contributed by atoms with Gasteiger partial charge in [-0.05, 0) is 51.2 Å².